The minimum absolute atomic E-state index is 0.0921. The fraction of sp³-hybridized carbons (Fsp3) is 0. The van der Waals surface area contributed by atoms with E-state index < -0.39 is 0 Å². The largest absolute Gasteiger partial charge is 0.506 e. The van der Waals surface area contributed by atoms with Gasteiger partial charge in [-0.3, -0.25) is 0 Å². The SMILES string of the molecule is N#Cc1ncc(O)c2cc(Sc3ccccc3)ccc12. The summed E-state index contributed by atoms with van der Waals surface area (Å²) in [6, 6.07) is 17.7. The van der Waals surface area contributed by atoms with E-state index in [2.05, 4.69) is 4.98 Å². The van der Waals surface area contributed by atoms with Crippen LogP contribution in [-0.2, 0) is 0 Å². The van der Waals surface area contributed by atoms with Crippen LogP contribution in [0.5, 0.6) is 5.75 Å². The molecule has 0 fully saturated rings. The molecule has 0 atom stereocenters. The lowest BCUT2D eigenvalue weighted by Crippen LogP contribution is -1.86. The van der Waals surface area contributed by atoms with E-state index in [0.29, 0.717) is 16.5 Å². The van der Waals surface area contributed by atoms with Crippen molar-refractivity contribution in [2.45, 2.75) is 9.79 Å². The summed E-state index contributed by atoms with van der Waals surface area (Å²) in [5.74, 6) is 0.0921. The maximum atomic E-state index is 9.90. The van der Waals surface area contributed by atoms with Gasteiger partial charge in [0.25, 0.3) is 0 Å². The third kappa shape index (κ3) is 2.31. The molecule has 1 heterocycles. The van der Waals surface area contributed by atoms with Gasteiger partial charge in [0.15, 0.2) is 0 Å². The summed E-state index contributed by atoms with van der Waals surface area (Å²) >= 11 is 1.61. The normalized spacial score (nSPS) is 10.3. The summed E-state index contributed by atoms with van der Waals surface area (Å²) in [4.78, 5) is 6.05. The Morgan fingerprint density at radius 1 is 1.00 bits per heavy atom. The molecule has 0 aliphatic heterocycles. The molecule has 1 N–H and O–H groups in total. The van der Waals surface area contributed by atoms with E-state index in [9.17, 15) is 5.11 Å². The lowest BCUT2D eigenvalue weighted by Gasteiger charge is -2.06. The van der Waals surface area contributed by atoms with Gasteiger partial charge in [-0.2, -0.15) is 5.26 Å². The number of rotatable bonds is 2. The van der Waals surface area contributed by atoms with Crippen LogP contribution in [-0.4, -0.2) is 10.1 Å². The molecule has 0 unspecified atom stereocenters. The number of nitrogens with zero attached hydrogens (tertiary/aromatic N) is 2. The van der Waals surface area contributed by atoms with E-state index in [0.717, 1.165) is 9.79 Å². The van der Waals surface area contributed by atoms with Crippen LogP contribution in [0.3, 0.4) is 0 Å². The Bertz CT molecular complexity index is 810. The Kier molecular flexibility index (Phi) is 3.28. The van der Waals surface area contributed by atoms with E-state index in [-0.39, 0.29) is 5.75 Å². The topological polar surface area (TPSA) is 56.9 Å². The summed E-state index contributed by atoms with van der Waals surface area (Å²) in [6.45, 7) is 0. The molecule has 0 saturated carbocycles. The molecule has 0 aliphatic rings. The Labute approximate surface area is 120 Å². The zero-order valence-corrected chi connectivity index (χ0v) is 11.3. The summed E-state index contributed by atoms with van der Waals surface area (Å²) in [6.07, 6.45) is 1.32. The van der Waals surface area contributed by atoms with Gasteiger partial charge in [-0.25, -0.2) is 4.98 Å². The van der Waals surface area contributed by atoms with Gasteiger partial charge in [0.05, 0.1) is 6.20 Å². The lowest BCUT2D eigenvalue weighted by molar-refractivity contribution is 0.479. The van der Waals surface area contributed by atoms with Gasteiger partial charge in [0.1, 0.15) is 17.5 Å². The van der Waals surface area contributed by atoms with Crippen LogP contribution in [0.15, 0.2) is 64.5 Å². The predicted molar refractivity (Wildman–Crippen MR) is 78.7 cm³/mol. The second-order valence-electron chi connectivity index (χ2n) is 4.23. The highest BCUT2D eigenvalue weighted by molar-refractivity contribution is 7.99. The van der Waals surface area contributed by atoms with Crippen molar-refractivity contribution in [2.75, 3.05) is 0 Å². The lowest BCUT2D eigenvalue weighted by atomic mass is 10.1. The minimum Gasteiger partial charge on any atom is -0.506 e. The monoisotopic (exact) mass is 278 g/mol. The molecule has 0 amide bonds. The summed E-state index contributed by atoms with van der Waals surface area (Å²) in [5, 5.41) is 20.3. The molecule has 4 heteroatoms. The van der Waals surface area contributed by atoms with E-state index in [1.807, 2.05) is 54.6 Å². The highest BCUT2D eigenvalue weighted by Crippen LogP contribution is 2.33. The first kappa shape index (κ1) is 12.5. The molecule has 1 aromatic heterocycles. The van der Waals surface area contributed by atoms with Crippen molar-refractivity contribution in [3.63, 3.8) is 0 Å². The highest BCUT2D eigenvalue weighted by atomic mass is 32.2. The average Bonchev–Trinajstić information content (AvgIpc) is 2.49. The Balaban J connectivity index is 2.07. The Morgan fingerprint density at radius 2 is 1.80 bits per heavy atom. The molecule has 0 bridgehead atoms. The number of nitriles is 1. The zero-order valence-electron chi connectivity index (χ0n) is 10.4. The number of hydrogen-bond donors (Lipinski definition) is 1. The van der Waals surface area contributed by atoms with Gasteiger partial charge in [-0.05, 0) is 24.3 Å². The molecule has 2 aromatic carbocycles. The standard InChI is InChI=1S/C16H10N2OS/c17-9-15-13-7-6-12(8-14(13)16(19)10-18-15)20-11-4-2-1-3-5-11/h1-8,10,19H. The molecule has 96 valence electrons. The number of aromatic nitrogens is 1. The molecule has 3 rings (SSSR count). The molecule has 3 aromatic rings. The number of pyridine rings is 1. The van der Waals surface area contributed by atoms with Crippen molar-refractivity contribution in [3.05, 3.63) is 60.4 Å². The van der Waals surface area contributed by atoms with Crippen molar-refractivity contribution in [2.24, 2.45) is 0 Å². The molecular weight excluding hydrogens is 268 g/mol. The van der Waals surface area contributed by atoms with Crippen molar-refractivity contribution < 1.29 is 5.11 Å². The van der Waals surface area contributed by atoms with Crippen LogP contribution in [0.4, 0.5) is 0 Å². The van der Waals surface area contributed by atoms with Crippen LogP contribution >= 0.6 is 11.8 Å². The van der Waals surface area contributed by atoms with Crippen LogP contribution in [0.1, 0.15) is 5.69 Å². The smallest absolute Gasteiger partial charge is 0.148 e. The van der Waals surface area contributed by atoms with Crippen LogP contribution in [0, 0.1) is 11.3 Å². The third-order valence-electron chi connectivity index (χ3n) is 2.92. The first-order chi connectivity index (χ1) is 9.78. The summed E-state index contributed by atoms with van der Waals surface area (Å²) in [5.41, 5.74) is 0.328. The van der Waals surface area contributed by atoms with Crippen LogP contribution < -0.4 is 0 Å². The summed E-state index contributed by atoms with van der Waals surface area (Å²) in [7, 11) is 0. The molecule has 3 nitrogen and oxygen atoms in total. The van der Waals surface area contributed by atoms with Crippen molar-refractivity contribution in [3.8, 4) is 11.8 Å². The van der Waals surface area contributed by atoms with Gasteiger partial charge in [-0.1, -0.05) is 36.0 Å². The molecular formula is C16H10N2OS. The first-order valence-corrected chi connectivity index (χ1v) is 6.84. The van der Waals surface area contributed by atoms with Crippen molar-refractivity contribution in [1.29, 1.82) is 5.26 Å². The number of hydrogen-bond acceptors (Lipinski definition) is 4. The van der Waals surface area contributed by atoms with E-state index in [1.54, 1.807) is 11.8 Å². The van der Waals surface area contributed by atoms with Gasteiger partial charge < -0.3 is 5.11 Å². The fourth-order valence-corrected chi connectivity index (χ4v) is 2.86. The van der Waals surface area contributed by atoms with E-state index in [4.69, 9.17) is 5.26 Å². The van der Waals surface area contributed by atoms with E-state index in [1.165, 1.54) is 6.20 Å². The highest BCUT2D eigenvalue weighted by Gasteiger charge is 2.08. The number of fused-ring (bicyclic) bond motifs is 1. The van der Waals surface area contributed by atoms with Crippen LogP contribution in [0.25, 0.3) is 10.8 Å². The van der Waals surface area contributed by atoms with Gasteiger partial charge in [0, 0.05) is 20.6 Å². The Hall–Kier alpha value is -2.51. The van der Waals surface area contributed by atoms with Gasteiger partial charge >= 0.3 is 0 Å². The quantitative estimate of drug-likeness (QED) is 0.770. The maximum Gasteiger partial charge on any atom is 0.148 e. The maximum absolute atomic E-state index is 9.90. The molecule has 20 heavy (non-hydrogen) atoms. The van der Waals surface area contributed by atoms with Gasteiger partial charge in [-0.15, -0.1) is 0 Å². The molecule has 0 spiro atoms. The predicted octanol–water partition coefficient (Wildman–Crippen LogP) is 3.96. The van der Waals surface area contributed by atoms with Crippen molar-refractivity contribution >= 4 is 22.5 Å². The van der Waals surface area contributed by atoms with E-state index >= 15 is 0 Å². The fourth-order valence-electron chi connectivity index (χ4n) is 1.98. The average molecular weight is 278 g/mol. The minimum atomic E-state index is 0.0921. The van der Waals surface area contributed by atoms with Gasteiger partial charge in [0.2, 0.25) is 0 Å². The molecule has 0 saturated heterocycles. The molecule has 0 radical (unpaired) electrons. The Morgan fingerprint density at radius 3 is 2.55 bits per heavy atom. The first-order valence-electron chi connectivity index (χ1n) is 6.02. The second-order valence-corrected chi connectivity index (χ2v) is 5.37. The third-order valence-corrected chi connectivity index (χ3v) is 3.92. The zero-order chi connectivity index (χ0) is 13.9. The number of aromatic hydroxyl groups is 1. The van der Waals surface area contributed by atoms with Crippen LogP contribution in [0.2, 0.25) is 0 Å². The number of benzene rings is 2. The van der Waals surface area contributed by atoms with Crippen molar-refractivity contribution in [1.82, 2.24) is 4.98 Å². The second kappa shape index (κ2) is 5.24. The summed E-state index contributed by atoms with van der Waals surface area (Å²) < 4.78 is 0. The molecule has 0 aliphatic carbocycles.